The van der Waals surface area contributed by atoms with Crippen molar-refractivity contribution in [1.82, 2.24) is 0 Å². The molecule has 0 atom stereocenters. The largest absolute Gasteiger partial charge is 0.337 e. The molecule has 1 aromatic carbocycles. The van der Waals surface area contributed by atoms with Gasteiger partial charge in [-0.05, 0) is 37.1 Å². The Balaban J connectivity index is 2.33. The maximum Gasteiger partial charge on any atom is 0.147 e. The predicted molar refractivity (Wildman–Crippen MR) is 91.8 cm³/mol. The van der Waals surface area contributed by atoms with Crippen LogP contribution < -0.4 is 14.0 Å². The second-order valence-electron chi connectivity index (χ2n) is 5.04. The summed E-state index contributed by atoms with van der Waals surface area (Å²) < 4.78 is 1.93. The fourth-order valence-electron chi connectivity index (χ4n) is 2.47. The third-order valence-corrected chi connectivity index (χ3v) is 6.61. The van der Waals surface area contributed by atoms with E-state index in [-0.39, 0.29) is 5.57 Å². The molecule has 0 saturated heterocycles. The zero-order chi connectivity index (χ0) is 15.9. The number of nitrogens with zero attached hydrogens (tertiary/aromatic N) is 3. The van der Waals surface area contributed by atoms with Gasteiger partial charge in [0.05, 0.1) is 19.8 Å². The lowest BCUT2D eigenvalue weighted by Gasteiger charge is -2.12. The van der Waals surface area contributed by atoms with Crippen LogP contribution in [0.3, 0.4) is 0 Å². The molecule has 0 amide bonds. The molecule has 0 aliphatic carbocycles. The molecule has 0 spiro atoms. The van der Waals surface area contributed by atoms with Crippen LogP contribution in [0.2, 0.25) is 0 Å². The third kappa shape index (κ3) is 2.11. The lowest BCUT2D eigenvalue weighted by Crippen LogP contribution is -2.16. The Kier molecular flexibility index (Phi) is 3.70. The van der Waals surface area contributed by atoms with Gasteiger partial charge in [-0.3, -0.25) is 0 Å². The quantitative estimate of drug-likeness (QED) is 0.748. The molecule has 1 aromatic heterocycles. The normalized spacial score (nSPS) is 15.2. The van der Waals surface area contributed by atoms with Gasteiger partial charge in [-0.15, -0.1) is 11.3 Å². The van der Waals surface area contributed by atoms with E-state index in [2.05, 4.69) is 31.0 Å². The van der Waals surface area contributed by atoms with E-state index in [1.807, 2.05) is 31.2 Å². The zero-order valence-electron chi connectivity index (χ0n) is 12.5. The molecule has 1 aliphatic rings. The molecule has 5 heteroatoms. The maximum atomic E-state index is 9.14. The number of anilines is 1. The molecule has 2 aromatic rings. The molecule has 0 unspecified atom stereocenters. The zero-order valence-corrected chi connectivity index (χ0v) is 14.1. The summed E-state index contributed by atoms with van der Waals surface area (Å²) in [5, 5.41) is 19.4. The van der Waals surface area contributed by atoms with Gasteiger partial charge in [-0.25, -0.2) is 0 Å². The van der Waals surface area contributed by atoms with Gasteiger partial charge in [0.15, 0.2) is 0 Å². The first-order valence-electron chi connectivity index (χ1n) is 6.74. The Bertz CT molecular complexity index is 955. The summed E-state index contributed by atoms with van der Waals surface area (Å²) in [6.07, 6.45) is 0. The van der Waals surface area contributed by atoms with Crippen LogP contribution >= 0.6 is 23.1 Å². The molecule has 0 bridgehead atoms. The Morgan fingerprint density at radius 1 is 1.09 bits per heavy atom. The van der Waals surface area contributed by atoms with Gasteiger partial charge < -0.3 is 4.90 Å². The topological polar surface area (TPSA) is 50.8 Å². The monoisotopic (exact) mass is 323 g/mol. The molecular weight excluding hydrogens is 310 g/mol. The van der Waals surface area contributed by atoms with Gasteiger partial charge in [0.1, 0.15) is 17.7 Å². The van der Waals surface area contributed by atoms with E-state index >= 15 is 0 Å². The average Bonchev–Trinajstić information content (AvgIpc) is 3.01. The Hall–Kier alpha value is -2.21. The van der Waals surface area contributed by atoms with Crippen LogP contribution in [0.4, 0.5) is 5.69 Å². The summed E-state index contributed by atoms with van der Waals surface area (Å²) in [6.45, 7) is 4.04. The standard InChI is InChI=1S/C17H13N3S2/c1-10-11(2)16(22-15(10)12(8-18)9-19)17-20(3)13-6-4-5-7-14(13)21-17/h4-7H,1-3H3. The predicted octanol–water partition coefficient (Wildman–Crippen LogP) is 2.87. The summed E-state index contributed by atoms with van der Waals surface area (Å²) in [5.41, 5.74) is 3.56. The smallest absolute Gasteiger partial charge is 0.147 e. The van der Waals surface area contributed by atoms with Crippen LogP contribution in [-0.2, 0) is 0 Å². The molecule has 22 heavy (non-hydrogen) atoms. The first-order valence-corrected chi connectivity index (χ1v) is 8.37. The number of thiophene rings is 1. The molecule has 108 valence electrons. The number of fused-ring (bicyclic) bond motifs is 1. The van der Waals surface area contributed by atoms with E-state index in [1.165, 1.54) is 21.9 Å². The average molecular weight is 323 g/mol. The summed E-state index contributed by atoms with van der Waals surface area (Å²) in [5.74, 6) is 0. The molecule has 2 heterocycles. The molecule has 0 radical (unpaired) electrons. The number of benzene rings is 1. The number of nitriles is 2. The minimum absolute atomic E-state index is 0.195. The van der Waals surface area contributed by atoms with E-state index in [0.717, 1.165) is 25.2 Å². The Morgan fingerprint density at radius 2 is 1.77 bits per heavy atom. The van der Waals surface area contributed by atoms with E-state index in [4.69, 9.17) is 10.5 Å². The van der Waals surface area contributed by atoms with Crippen molar-refractivity contribution in [1.29, 1.82) is 10.5 Å². The third-order valence-electron chi connectivity index (χ3n) is 3.83. The second kappa shape index (κ2) is 5.53. The number of thioether (sulfide) groups is 1. The summed E-state index contributed by atoms with van der Waals surface area (Å²) in [7, 11) is 2.06. The van der Waals surface area contributed by atoms with Crippen LogP contribution in [-0.4, -0.2) is 7.05 Å². The first-order chi connectivity index (χ1) is 10.6. The minimum atomic E-state index is 0.195. The highest BCUT2D eigenvalue weighted by atomic mass is 32.2. The highest BCUT2D eigenvalue weighted by molar-refractivity contribution is 8.08. The molecular formula is C17H13N3S2. The van der Waals surface area contributed by atoms with Gasteiger partial charge in [0, 0.05) is 11.9 Å². The first kappa shape index (κ1) is 14.7. The van der Waals surface area contributed by atoms with Crippen molar-refractivity contribution in [3.05, 3.63) is 44.5 Å². The van der Waals surface area contributed by atoms with E-state index < -0.39 is 0 Å². The van der Waals surface area contributed by atoms with Crippen LogP contribution in [0, 0.1) is 36.5 Å². The van der Waals surface area contributed by atoms with Crippen molar-refractivity contribution in [2.75, 3.05) is 11.9 Å². The number of hydrogen-bond acceptors (Lipinski definition) is 5. The van der Waals surface area contributed by atoms with Crippen LogP contribution in [0.15, 0.2) is 29.2 Å². The fraction of sp³-hybridized carbons (Fsp3) is 0.176. The van der Waals surface area contributed by atoms with Crippen molar-refractivity contribution < 1.29 is 0 Å². The molecule has 0 fully saturated rings. The lowest BCUT2D eigenvalue weighted by atomic mass is 10.2. The van der Waals surface area contributed by atoms with Crippen molar-refractivity contribution in [2.45, 2.75) is 18.7 Å². The van der Waals surface area contributed by atoms with Crippen LogP contribution in [0.25, 0.3) is 10.6 Å². The fourth-order valence-corrected chi connectivity index (χ4v) is 5.10. The number of hydrogen-bond donors (Lipinski definition) is 0. The Morgan fingerprint density at radius 3 is 2.41 bits per heavy atom. The van der Waals surface area contributed by atoms with Gasteiger partial charge in [-0.1, -0.05) is 23.9 Å². The maximum absolute atomic E-state index is 9.14. The molecule has 0 saturated carbocycles. The van der Waals surface area contributed by atoms with Gasteiger partial charge in [-0.2, -0.15) is 10.5 Å². The minimum Gasteiger partial charge on any atom is -0.337 e. The molecule has 3 rings (SSSR count). The highest BCUT2D eigenvalue weighted by Gasteiger charge is 2.23. The molecule has 0 N–H and O–H groups in total. The van der Waals surface area contributed by atoms with Crippen molar-refractivity contribution in [3.8, 4) is 12.1 Å². The van der Waals surface area contributed by atoms with Gasteiger partial charge >= 0.3 is 0 Å². The van der Waals surface area contributed by atoms with E-state index in [1.54, 1.807) is 11.8 Å². The second-order valence-corrected chi connectivity index (χ2v) is 7.09. The molecule has 1 aliphatic heterocycles. The van der Waals surface area contributed by atoms with Crippen LogP contribution in [0.1, 0.15) is 11.1 Å². The van der Waals surface area contributed by atoms with Gasteiger partial charge in [0.25, 0.3) is 0 Å². The molecule has 3 nitrogen and oxygen atoms in total. The highest BCUT2D eigenvalue weighted by Crippen LogP contribution is 2.45. The SMILES string of the molecule is Cc1c(C)c(=C2Sc3ccccc3N2C)sc1=C(C#N)C#N. The van der Waals surface area contributed by atoms with Crippen molar-refractivity contribution >= 4 is 39.4 Å². The summed E-state index contributed by atoms with van der Waals surface area (Å²) >= 11 is 3.27. The summed E-state index contributed by atoms with van der Waals surface area (Å²) in [4.78, 5) is 3.41. The van der Waals surface area contributed by atoms with Gasteiger partial charge in [0.2, 0.25) is 0 Å². The number of para-hydroxylation sites is 1. The van der Waals surface area contributed by atoms with E-state index in [0.29, 0.717) is 0 Å². The summed E-state index contributed by atoms with van der Waals surface area (Å²) in [6, 6.07) is 12.3. The van der Waals surface area contributed by atoms with Crippen molar-refractivity contribution in [3.63, 3.8) is 0 Å². The van der Waals surface area contributed by atoms with Crippen LogP contribution in [0.5, 0.6) is 0 Å². The van der Waals surface area contributed by atoms with Crippen molar-refractivity contribution in [2.24, 2.45) is 0 Å². The number of rotatable bonds is 0. The van der Waals surface area contributed by atoms with E-state index in [9.17, 15) is 0 Å². The Labute approximate surface area is 137 Å². The lowest BCUT2D eigenvalue weighted by molar-refractivity contribution is 1.22.